The Morgan fingerprint density at radius 3 is 2.38 bits per heavy atom. The zero-order chi connectivity index (χ0) is 15.2. The van der Waals surface area contributed by atoms with Crippen LogP contribution in [0.25, 0.3) is 0 Å². The maximum Gasteiger partial charge on any atom is 0.328 e. The second-order valence-corrected chi connectivity index (χ2v) is 4.78. The summed E-state index contributed by atoms with van der Waals surface area (Å²) in [6.45, 7) is 5.24. The molecule has 1 aromatic carbocycles. The van der Waals surface area contributed by atoms with Crippen LogP contribution in [0.5, 0.6) is 5.75 Å². The number of benzene rings is 1. The number of rotatable bonds is 7. The predicted octanol–water partition coefficient (Wildman–Crippen LogP) is 2.34. The molecule has 0 unspecified atom stereocenters. The van der Waals surface area contributed by atoms with Gasteiger partial charge in [-0.15, -0.1) is 0 Å². The van der Waals surface area contributed by atoms with Crippen molar-refractivity contribution in [3.8, 4) is 5.75 Å². The van der Waals surface area contributed by atoms with Crippen molar-refractivity contribution in [2.45, 2.75) is 33.4 Å². The number of carbonyl (C=O) groups is 1. The highest BCUT2D eigenvalue weighted by molar-refractivity contribution is 5.95. The lowest BCUT2D eigenvalue weighted by Gasteiger charge is -2.05. The van der Waals surface area contributed by atoms with Crippen LogP contribution in [0, 0.1) is 0 Å². The molecule has 5 nitrogen and oxygen atoms in total. The molecule has 5 heteroatoms. The fraction of sp³-hybridized carbons (Fsp3) is 0.375. The minimum atomic E-state index is -0.142. The Morgan fingerprint density at radius 2 is 1.76 bits per heavy atom. The number of ether oxygens (including phenoxy) is 1. The highest BCUT2D eigenvalue weighted by Crippen LogP contribution is 2.12. The van der Waals surface area contributed by atoms with Gasteiger partial charge in [-0.25, -0.2) is 4.79 Å². The minimum Gasteiger partial charge on any atom is -0.494 e. The van der Waals surface area contributed by atoms with Gasteiger partial charge in [0.1, 0.15) is 5.75 Å². The van der Waals surface area contributed by atoms with E-state index in [9.17, 15) is 9.59 Å². The van der Waals surface area contributed by atoms with Crippen molar-refractivity contribution in [1.82, 2.24) is 9.13 Å². The summed E-state index contributed by atoms with van der Waals surface area (Å²) in [4.78, 5) is 24.2. The highest BCUT2D eigenvalue weighted by Gasteiger charge is 2.10. The first-order chi connectivity index (χ1) is 10.2. The standard InChI is InChI=1S/C16H20N2O3/c1-3-9-17-10-11-18(16(17)20)12-15(19)13-5-7-14(8-6-13)21-4-2/h5-8,10-11H,3-4,9,12H2,1-2H3. The monoisotopic (exact) mass is 288 g/mol. The summed E-state index contributed by atoms with van der Waals surface area (Å²) in [5.41, 5.74) is 0.435. The van der Waals surface area contributed by atoms with Crippen molar-refractivity contribution < 1.29 is 9.53 Å². The molecule has 1 heterocycles. The second-order valence-electron chi connectivity index (χ2n) is 4.78. The van der Waals surface area contributed by atoms with Crippen molar-refractivity contribution in [1.29, 1.82) is 0 Å². The lowest BCUT2D eigenvalue weighted by molar-refractivity contribution is 0.0970. The van der Waals surface area contributed by atoms with Crippen LogP contribution in [0.2, 0.25) is 0 Å². The van der Waals surface area contributed by atoms with E-state index in [4.69, 9.17) is 4.74 Å². The Kier molecular flexibility index (Phi) is 4.98. The normalized spacial score (nSPS) is 10.6. The van der Waals surface area contributed by atoms with E-state index >= 15 is 0 Å². The molecule has 0 radical (unpaired) electrons. The van der Waals surface area contributed by atoms with Gasteiger partial charge < -0.3 is 4.74 Å². The Morgan fingerprint density at radius 1 is 1.10 bits per heavy atom. The summed E-state index contributed by atoms with van der Waals surface area (Å²) in [6.07, 6.45) is 4.26. The zero-order valence-electron chi connectivity index (χ0n) is 12.4. The molecule has 0 N–H and O–H groups in total. The van der Waals surface area contributed by atoms with Crippen molar-refractivity contribution in [2.75, 3.05) is 6.61 Å². The van der Waals surface area contributed by atoms with Crippen LogP contribution in [-0.2, 0) is 13.1 Å². The first-order valence-electron chi connectivity index (χ1n) is 7.17. The van der Waals surface area contributed by atoms with E-state index in [0.29, 0.717) is 18.7 Å². The molecule has 21 heavy (non-hydrogen) atoms. The third-order valence-electron chi connectivity index (χ3n) is 3.18. The van der Waals surface area contributed by atoms with E-state index in [0.717, 1.165) is 12.2 Å². The van der Waals surface area contributed by atoms with Gasteiger partial charge in [-0.1, -0.05) is 6.92 Å². The van der Waals surface area contributed by atoms with Gasteiger partial charge >= 0.3 is 5.69 Å². The Bertz CT molecular complexity index is 653. The number of hydrogen-bond acceptors (Lipinski definition) is 3. The van der Waals surface area contributed by atoms with Crippen LogP contribution in [0.15, 0.2) is 41.5 Å². The van der Waals surface area contributed by atoms with E-state index in [1.54, 1.807) is 41.2 Å². The molecule has 0 bridgehead atoms. The highest BCUT2D eigenvalue weighted by atomic mass is 16.5. The van der Waals surface area contributed by atoms with Crippen LogP contribution in [0.4, 0.5) is 0 Å². The molecule has 0 atom stereocenters. The average molecular weight is 288 g/mol. The molecule has 0 fully saturated rings. The van der Waals surface area contributed by atoms with E-state index in [2.05, 4.69) is 0 Å². The van der Waals surface area contributed by atoms with E-state index in [-0.39, 0.29) is 18.0 Å². The van der Waals surface area contributed by atoms with E-state index in [1.807, 2.05) is 13.8 Å². The molecule has 0 aliphatic rings. The Balaban J connectivity index is 2.09. The summed E-state index contributed by atoms with van der Waals surface area (Å²) in [7, 11) is 0. The maximum absolute atomic E-state index is 12.2. The van der Waals surface area contributed by atoms with Crippen molar-refractivity contribution in [2.24, 2.45) is 0 Å². The van der Waals surface area contributed by atoms with Crippen molar-refractivity contribution in [3.05, 3.63) is 52.7 Å². The fourth-order valence-electron chi connectivity index (χ4n) is 2.13. The average Bonchev–Trinajstić information content (AvgIpc) is 2.82. The molecule has 2 aromatic rings. The number of hydrogen-bond donors (Lipinski definition) is 0. The molecule has 112 valence electrons. The smallest absolute Gasteiger partial charge is 0.328 e. The van der Waals surface area contributed by atoms with Crippen LogP contribution >= 0.6 is 0 Å². The van der Waals surface area contributed by atoms with Crippen LogP contribution in [-0.4, -0.2) is 21.5 Å². The Labute approximate surface area is 123 Å². The van der Waals surface area contributed by atoms with Gasteiger partial charge in [0.05, 0.1) is 13.2 Å². The molecular weight excluding hydrogens is 268 g/mol. The molecular formula is C16H20N2O3. The number of imidazole rings is 1. The first kappa shape index (κ1) is 15.1. The van der Waals surface area contributed by atoms with Gasteiger partial charge in [0.25, 0.3) is 0 Å². The molecule has 0 saturated carbocycles. The fourth-order valence-corrected chi connectivity index (χ4v) is 2.13. The summed E-state index contributed by atoms with van der Waals surface area (Å²) >= 11 is 0. The summed E-state index contributed by atoms with van der Waals surface area (Å²) < 4.78 is 8.39. The van der Waals surface area contributed by atoms with Crippen LogP contribution in [0.1, 0.15) is 30.6 Å². The maximum atomic E-state index is 12.2. The topological polar surface area (TPSA) is 53.2 Å². The molecule has 0 aliphatic carbocycles. The van der Waals surface area contributed by atoms with Gasteiger partial charge in [-0.05, 0) is 37.6 Å². The van der Waals surface area contributed by atoms with Gasteiger partial charge in [0.2, 0.25) is 0 Å². The van der Waals surface area contributed by atoms with Crippen molar-refractivity contribution in [3.63, 3.8) is 0 Å². The molecule has 2 rings (SSSR count). The number of aromatic nitrogens is 2. The SMILES string of the molecule is CCCn1ccn(CC(=O)c2ccc(OCC)cc2)c1=O. The van der Waals surface area contributed by atoms with E-state index in [1.165, 1.54) is 4.57 Å². The number of ketones is 1. The van der Waals surface area contributed by atoms with Gasteiger partial charge in [0, 0.05) is 24.5 Å². The van der Waals surface area contributed by atoms with E-state index < -0.39 is 0 Å². The quantitative estimate of drug-likeness (QED) is 0.735. The largest absolute Gasteiger partial charge is 0.494 e. The molecule has 1 aromatic heterocycles. The minimum absolute atomic E-state index is 0.0591. The Hall–Kier alpha value is -2.30. The lowest BCUT2D eigenvalue weighted by Crippen LogP contribution is -2.26. The summed E-state index contributed by atoms with van der Waals surface area (Å²) in [6, 6.07) is 6.98. The molecule has 0 amide bonds. The third-order valence-corrected chi connectivity index (χ3v) is 3.18. The summed E-state index contributed by atoms with van der Waals surface area (Å²) in [5.74, 6) is 0.648. The first-order valence-corrected chi connectivity index (χ1v) is 7.17. The molecule has 0 aliphatic heterocycles. The zero-order valence-corrected chi connectivity index (χ0v) is 12.4. The number of Topliss-reactive ketones (excluding diaryl/α,β-unsaturated/α-hetero) is 1. The van der Waals surface area contributed by atoms with Gasteiger partial charge in [-0.3, -0.25) is 13.9 Å². The molecule has 0 saturated heterocycles. The number of aryl methyl sites for hydroxylation is 1. The predicted molar refractivity (Wildman–Crippen MR) is 80.9 cm³/mol. The van der Waals surface area contributed by atoms with Crippen LogP contribution < -0.4 is 10.4 Å². The van der Waals surface area contributed by atoms with Gasteiger partial charge in [0.15, 0.2) is 5.78 Å². The lowest BCUT2D eigenvalue weighted by atomic mass is 10.1. The number of carbonyl (C=O) groups excluding carboxylic acids is 1. The van der Waals surface area contributed by atoms with Gasteiger partial charge in [-0.2, -0.15) is 0 Å². The second kappa shape index (κ2) is 6.92. The third kappa shape index (κ3) is 3.62. The van der Waals surface area contributed by atoms with Crippen LogP contribution in [0.3, 0.4) is 0 Å². The molecule has 0 spiro atoms. The van der Waals surface area contributed by atoms with Crippen molar-refractivity contribution >= 4 is 5.78 Å². The number of nitrogens with zero attached hydrogens (tertiary/aromatic N) is 2. The summed E-state index contributed by atoms with van der Waals surface area (Å²) in [5, 5.41) is 0.